The smallest absolute Gasteiger partial charge is 0.259 e. The van der Waals surface area contributed by atoms with Gasteiger partial charge >= 0.3 is 0 Å². The van der Waals surface area contributed by atoms with Gasteiger partial charge in [0.25, 0.3) is 5.91 Å². The van der Waals surface area contributed by atoms with E-state index in [-0.39, 0.29) is 5.91 Å². The summed E-state index contributed by atoms with van der Waals surface area (Å²) in [5, 5.41) is 2.82. The molecule has 0 unspecified atom stereocenters. The molecular formula is C15H17N3O2. The fourth-order valence-electron chi connectivity index (χ4n) is 1.82. The van der Waals surface area contributed by atoms with E-state index in [2.05, 4.69) is 10.3 Å². The number of aromatic nitrogens is 1. The van der Waals surface area contributed by atoms with Crippen LogP contribution >= 0.6 is 0 Å². The lowest BCUT2D eigenvalue weighted by Crippen LogP contribution is -2.15. The zero-order valence-electron chi connectivity index (χ0n) is 11.5. The van der Waals surface area contributed by atoms with E-state index in [0.717, 1.165) is 5.56 Å². The van der Waals surface area contributed by atoms with Crippen LogP contribution in [-0.4, -0.2) is 17.5 Å². The summed E-state index contributed by atoms with van der Waals surface area (Å²) in [6.45, 7) is 4.19. The van der Waals surface area contributed by atoms with Crippen molar-refractivity contribution < 1.29 is 9.53 Å². The van der Waals surface area contributed by atoms with Gasteiger partial charge in [-0.05, 0) is 37.6 Å². The number of ether oxygens (including phenoxy) is 1. The van der Waals surface area contributed by atoms with Crippen molar-refractivity contribution in [2.24, 2.45) is 0 Å². The number of anilines is 2. The first kappa shape index (κ1) is 13.9. The fourth-order valence-corrected chi connectivity index (χ4v) is 1.82. The van der Waals surface area contributed by atoms with Gasteiger partial charge < -0.3 is 15.8 Å². The Morgan fingerprint density at radius 2 is 2.20 bits per heavy atom. The molecule has 1 heterocycles. The highest BCUT2D eigenvalue weighted by Crippen LogP contribution is 2.27. The maximum absolute atomic E-state index is 12.3. The van der Waals surface area contributed by atoms with Crippen molar-refractivity contribution in [2.75, 3.05) is 17.7 Å². The third kappa shape index (κ3) is 2.88. The van der Waals surface area contributed by atoms with E-state index in [1.165, 1.54) is 0 Å². The molecule has 104 valence electrons. The molecule has 1 amide bonds. The molecule has 1 aromatic carbocycles. The first-order valence-electron chi connectivity index (χ1n) is 6.36. The van der Waals surface area contributed by atoms with Crippen LogP contribution in [-0.2, 0) is 0 Å². The van der Waals surface area contributed by atoms with Crippen molar-refractivity contribution in [3.63, 3.8) is 0 Å². The lowest BCUT2D eigenvalue weighted by Gasteiger charge is -2.13. The molecule has 0 saturated heterocycles. The van der Waals surface area contributed by atoms with Crippen molar-refractivity contribution >= 4 is 17.3 Å². The number of nitrogens with two attached hydrogens (primary N) is 1. The van der Waals surface area contributed by atoms with Gasteiger partial charge in [-0.3, -0.25) is 9.78 Å². The number of amides is 1. The summed E-state index contributed by atoms with van der Waals surface area (Å²) >= 11 is 0. The summed E-state index contributed by atoms with van der Waals surface area (Å²) in [5.41, 5.74) is 8.32. The van der Waals surface area contributed by atoms with Crippen LogP contribution in [0, 0.1) is 6.92 Å². The van der Waals surface area contributed by atoms with E-state index < -0.39 is 0 Å². The predicted molar refractivity (Wildman–Crippen MR) is 79.0 cm³/mol. The van der Waals surface area contributed by atoms with Crippen LogP contribution in [0.25, 0.3) is 0 Å². The second-order valence-corrected chi connectivity index (χ2v) is 4.30. The number of benzene rings is 1. The van der Waals surface area contributed by atoms with Crippen molar-refractivity contribution in [1.29, 1.82) is 0 Å². The lowest BCUT2D eigenvalue weighted by atomic mass is 10.1. The number of carbonyl (C=O) groups is 1. The number of para-hydroxylation sites is 1. The molecule has 0 aliphatic heterocycles. The Bertz CT molecular complexity index is 626. The monoisotopic (exact) mass is 271 g/mol. The van der Waals surface area contributed by atoms with Crippen molar-refractivity contribution in [2.45, 2.75) is 13.8 Å². The molecule has 5 nitrogen and oxygen atoms in total. The van der Waals surface area contributed by atoms with Gasteiger partial charge in [-0.2, -0.15) is 0 Å². The molecule has 2 rings (SSSR count). The maximum Gasteiger partial charge on any atom is 0.259 e. The van der Waals surface area contributed by atoms with Gasteiger partial charge in [0.2, 0.25) is 0 Å². The fraction of sp³-hybridized carbons (Fsp3) is 0.200. The minimum Gasteiger partial charge on any atom is -0.491 e. The Hall–Kier alpha value is -2.56. The quantitative estimate of drug-likeness (QED) is 0.838. The normalized spacial score (nSPS) is 10.1. The van der Waals surface area contributed by atoms with Gasteiger partial charge in [0.1, 0.15) is 0 Å². The number of hydrogen-bond acceptors (Lipinski definition) is 4. The second kappa shape index (κ2) is 6.06. The number of rotatable bonds is 4. The lowest BCUT2D eigenvalue weighted by molar-refractivity contribution is 0.102. The molecule has 20 heavy (non-hydrogen) atoms. The number of pyridine rings is 1. The van der Waals surface area contributed by atoms with Gasteiger partial charge in [-0.15, -0.1) is 0 Å². The maximum atomic E-state index is 12.3. The zero-order valence-corrected chi connectivity index (χ0v) is 11.5. The van der Waals surface area contributed by atoms with Gasteiger partial charge in [0.15, 0.2) is 5.75 Å². The highest BCUT2D eigenvalue weighted by atomic mass is 16.5. The molecule has 0 fully saturated rings. The van der Waals surface area contributed by atoms with Crippen LogP contribution in [0.2, 0.25) is 0 Å². The van der Waals surface area contributed by atoms with Crippen LogP contribution in [0.5, 0.6) is 5.75 Å². The van der Waals surface area contributed by atoms with Crippen molar-refractivity contribution in [1.82, 2.24) is 4.98 Å². The molecule has 0 saturated carbocycles. The largest absolute Gasteiger partial charge is 0.491 e. The second-order valence-electron chi connectivity index (χ2n) is 4.30. The molecule has 0 aliphatic rings. The van der Waals surface area contributed by atoms with Gasteiger partial charge in [-0.1, -0.05) is 6.07 Å². The molecule has 1 aromatic heterocycles. The first-order chi connectivity index (χ1) is 9.63. The third-order valence-corrected chi connectivity index (χ3v) is 2.87. The highest BCUT2D eigenvalue weighted by molar-refractivity contribution is 6.07. The van der Waals surface area contributed by atoms with Crippen LogP contribution in [0.15, 0.2) is 36.7 Å². The molecule has 0 aliphatic carbocycles. The number of aryl methyl sites for hydroxylation is 1. The Kier molecular flexibility index (Phi) is 4.20. The van der Waals surface area contributed by atoms with Gasteiger partial charge in [-0.25, -0.2) is 0 Å². The molecular weight excluding hydrogens is 254 g/mol. The Morgan fingerprint density at radius 1 is 1.40 bits per heavy atom. The van der Waals surface area contributed by atoms with E-state index in [0.29, 0.717) is 29.3 Å². The van der Waals surface area contributed by atoms with E-state index in [4.69, 9.17) is 10.5 Å². The Morgan fingerprint density at radius 3 is 2.90 bits per heavy atom. The van der Waals surface area contributed by atoms with E-state index in [1.54, 1.807) is 30.6 Å². The highest BCUT2D eigenvalue weighted by Gasteiger charge is 2.15. The Balaban J connectivity index is 2.30. The van der Waals surface area contributed by atoms with E-state index >= 15 is 0 Å². The van der Waals surface area contributed by atoms with Crippen molar-refractivity contribution in [3.05, 3.63) is 47.8 Å². The molecule has 0 radical (unpaired) electrons. The first-order valence-corrected chi connectivity index (χ1v) is 6.36. The predicted octanol–water partition coefficient (Wildman–Crippen LogP) is 2.62. The zero-order chi connectivity index (χ0) is 14.5. The summed E-state index contributed by atoms with van der Waals surface area (Å²) in [4.78, 5) is 16.3. The molecule has 0 spiro atoms. The third-order valence-electron chi connectivity index (χ3n) is 2.87. The number of nitrogen functional groups attached to an aromatic ring is 1. The summed E-state index contributed by atoms with van der Waals surface area (Å²) in [6, 6.07) is 6.95. The molecule has 5 heteroatoms. The topological polar surface area (TPSA) is 77.2 Å². The minimum absolute atomic E-state index is 0.267. The van der Waals surface area contributed by atoms with Crippen LogP contribution in [0.1, 0.15) is 22.8 Å². The average Bonchev–Trinajstić information content (AvgIpc) is 2.43. The van der Waals surface area contributed by atoms with E-state index in [1.807, 2.05) is 19.9 Å². The van der Waals surface area contributed by atoms with Crippen molar-refractivity contribution in [3.8, 4) is 5.75 Å². The standard InChI is InChI=1S/C15H17N3O2/c1-3-20-14-11(5-4-6-12(14)16)15(19)18-13-9-17-8-7-10(13)2/h4-9H,3,16H2,1-2H3,(H,18,19). The Labute approximate surface area is 117 Å². The molecule has 0 atom stereocenters. The average molecular weight is 271 g/mol. The van der Waals surface area contributed by atoms with Crippen LogP contribution in [0.3, 0.4) is 0 Å². The summed E-state index contributed by atoms with van der Waals surface area (Å²) in [6.07, 6.45) is 3.29. The number of hydrogen-bond donors (Lipinski definition) is 2. The van der Waals surface area contributed by atoms with Gasteiger partial charge in [0, 0.05) is 6.20 Å². The number of nitrogens with zero attached hydrogens (tertiary/aromatic N) is 1. The minimum atomic E-state index is -0.267. The van der Waals surface area contributed by atoms with Crippen LogP contribution in [0.4, 0.5) is 11.4 Å². The summed E-state index contributed by atoms with van der Waals surface area (Å²) in [7, 11) is 0. The van der Waals surface area contributed by atoms with E-state index in [9.17, 15) is 4.79 Å². The SMILES string of the molecule is CCOc1c(N)cccc1C(=O)Nc1cnccc1C. The number of nitrogens with one attached hydrogen (secondary N) is 1. The van der Waals surface area contributed by atoms with Crippen LogP contribution < -0.4 is 15.8 Å². The molecule has 0 bridgehead atoms. The summed E-state index contributed by atoms with van der Waals surface area (Å²) in [5.74, 6) is 0.144. The number of carbonyl (C=O) groups excluding carboxylic acids is 1. The summed E-state index contributed by atoms with van der Waals surface area (Å²) < 4.78 is 5.46. The van der Waals surface area contributed by atoms with Gasteiger partial charge in [0.05, 0.1) is 29.7 Å². The molecule has 2 aromatic rings. The molecule has 3 N–H and O–H groups in total.